The summed E-state index contributed by atoms with van der Waals surface area (Å²) in [5.74, 6) is -0.459. The molecular formula is C16H23FN2O3S. The lowest BCUT2D eigenvalue weighted by Gasteiger charge is -2.32. The fraction of sp³-hybridized carbons (Fsp3) is 0.562. The van der Waals surface area contributed by atoms with Gasteiger partial charge in [0.1, 0.15) is 5.82 Å². The monoisotopic (exact) mass is 342 g/mol. The normalized spacial score (nSPS) is 17.2. The van der Waals surface area contributed by atoms with Crippen LogP contribution in [0.2, 0.25) is 0 Å². The summed E-state index contributed by atoms with van der Waals surface area (Å²) in [6.07, 6.45) is 2.26. The molecule has 5 nitrogen and oxygen atoms in total. The van der Waals surface area contributed by atoms with E-state index in [4.69, 9.17) is 0 Å². The number of sulfonamides is 1. The number of hydrogen-bond acceptors (Lipinski definition) is 3. The average Bonchev–Trinajstić information content (AvgIpc) is 2.51. The molecule has 2 rings (SSSR count). The van der Waals surface area contributed by atoms with E-state index >= 15 is 0 Å². The summed E-state index contributed by atoms with van der Waals surface area (Å²) in [5, 5.41) is 0. The van der Waals surface area contributed by atoms with Crippen molar-refractivity contribution in [2.24, 2.45) is 5.92 Å². The third-order valence-electron chi connectivity index (χ3n) is 4.23. The van der Waals surface area contributed by atoms with E-state index in [1.165, 1.54) is 22.7 Å². The van der Waals surface area contributed by atoms with E-state index in [1.54, 1.807) is 17.0 Å². The molecule has 1 aliphatic heterocycles. The predicted molar refractivity (Wildman–Crippen MR) is 86.6 cm³/mol. The van der Waals surface area contributed by atoms with Gasteiger partial charge in [-0.3, -0.25) is 4.79 Å². The summed E-state index contributed by atoms with van der Waals surface area (Å²) in [4.78, 5) is 14.3. The number of carbonyl (C=O) groups excluding carboxylic acids is 1. The van der Waals surface area contributed by atoms with E-state index in [-0.39, 0.29) is 17.6 Å². The lowest BCUT2D eigenvalue weighted by molar-refractivity contribution is -0.137. The topological polar surface area (TPSA) is 57.7 Å². The highest BCUT2D eigenvalue weighted by atomic mass is 32.2. The Kier molecular flexibility index (Phi) is 5.75. The van der Waals surface area contributed by atoms with E-state index < -0.39 is 10.0 Å². The van der Waals surface area contributed by atoms with Crippen LogP contribution in [-0.4, -0.2) is 49.4 Å². The minimum absolute atomic E-state index is 0.0184. The minimum Gasteiger partial charge on any atom is -0.338 e. The van der Waals surface area contributed by atoms with Crippen LogP contribution in [0.1, 0.15) is 25.3 Å². The van der Waals surface area contributed by atoms with E-state index in [0.717, 1.165) is 5.56 Å². The van der Waals surface area contributed by atoms with Crippen molar-refractivity contribution in [1.82, 2.24) is 9.21 Å². The Morgan fingerprint density at radius 1 is 1.35 bits per heavy atom. The second-order valence-electron chi connectivity index (χ2n) is 5.92. The van der Waals surface area contributed by atoms with Crippen molar-refractivity contribution in [2.75, 3.05) is 25.9 Å². The summed E-state index contributed by atoms with van der Waals surface area (Å²) in [7, 11) is -3.19. The van der Waals surface area contributed by atoms with Crippen LogP contribution in [-0.2, 0) is 21.4 Å². The lowest BCUT2D eigenvalue weighted by atomic mass is 9.96. The highest BCUT2D eigenvalue weighted by Gasteiger charge is 2.31. The fourth-order valence-electron chi connectivity index (χ4n) is 2.89. The van der Waals surface area contributed by atoms with Crippen molar-refractivity contribution >= 4 is 15.9 Å². The molecule has 0 bridgehead atoms. The maximum Gasteiger partial charge on any atom is 0.226 e. The van der Waals surface area contributed by atoms with Gasteiger partial charge in [-0.1, -0.05) is 12.1 Å². The molecule has 0 saturated carbocycles. The zero-order valence-electron chi connectivity index (χ0n) is 13.5. The molecule has 23 heavy (non-hydrogen) atoms. The molecule has 1 heterocycles. The van der Waals surface area contributed by atoms with E-state index in [1.807, 2.05) is 6.92 Å². The van der Waals surface area contributed by atoms with Gasteiger partial charge in [0, 0.05) is 32.1 Å². The molecule has 0 unspecified atom stereocenters. The highest BCUT2D eigenvalue weighted by Crippen LogP contribution is 2.22. The van der Waals surface area contributed by atoms with Crippen LogP contribution in [0, 0.1) is 11.7 Å². The van der Waals surface area contributed by atoms with Gasteiger partial charge in [0.15, 0.2) is 0 Å². The maximum atomic E-state index is 13.3. The number of piperidine rings is 1. The second-order valence-corrected chi connectivity index (χ2v) is 7.90. The standard InChI is InChI=1S/C16H23FN2O3S/c1-3-18(12-13-5-4-6-15(17)11-13)16(20)14-7-9-19(10-8-14)23(2,21)22/h4-6,11,14H,3,7-10,12H2,1-2H3. The molecule has 1 fully saturated rings. The molecule has 0 spiro atoms. The first-order valence-electron chi connectivity index (χ1n) is 7.79. The Morgan fingerprint density at radius 3 is 2.52 bits per heavy atom. The van der Waals surface area contributed by atoms with Crippen LogP contribution in [0.25, 0.3) is 0 Å². The third-order valence-corrected chi connectivity index (χ3v) is 5.53. The Bertz CT molecular complexity index is 655. The molecule has 1 aliphatic rings. The van der Waals surface area contributed by atoms with E-state index in [9.17, 15) is 17.6 Å². The predicted octanol–water partition coefficient (Wildman–Crippen LogP) is 1.85. The Labute approximate surface area is 137 Å². The minimum atomic E-state index is -3.19. The van der Waals surface area contributed by atoms with Crippen LogP contribution < -0.4 is 0 Å². The molecule has 0 aliphatic carbocycles. The number of halogens is 1. The van der Waals surface area contributed by atoms with Gasteiger partial charge in [-0.2, -0.15) is 0 Å². The summed E-state index contributed by atoms with van der Waals surface area (Å²) in [6, 6.07) is 6.24. The van der Waals surface area contributed by atoms with Crippen molar-refractivity contribution in [1.29, 1.82) is 0 Å². The molecule has 1 aromatic carbocycles. The van der Waals surface area contributed by atoms with Gasteiger partial charge in [0.05, 0.1) is 6.26 Å². The van der Waals surface area contributed by atoms with Crippen LogP contribution in [0.4, 0.5) is 4.39 Å². The van der Waals surface area contributed by atoms with Gasteiger partial charge in [0.2, 0.25) is 15.9 Å². The molecule has 7 heteroatoms. The second kappa shape index (κ2) is 7.40. The molecule has 0 atom stereocenters. The zero-order valence-corrected chi connectivity index (χ0v) is 14.4. The number of hydrogen-bond donors (Lipinski definition) is 0. The molecule has 0 radical (unpaired) electrons. The number of amides is 1. The number of rotatable bonds is 5. The van der Waals surface area contributed by atoms with Crippen molar-refractivity contribution in [3.63, 3.8) is 0 Å². The number of nitrogens with zero attached hydrogens (tertiary/aromatic N) is 2. The van der Waals surface area contributed by atoms with Crippen molar-refractivity contribution in [3.8, 4) is 0 Å². The molecule has 1 amide bonds. The van der Waals surface area contributed by atoms with Crippen LogP contribution in [0.5, 0.6) is 0 Å². The van der Waals surface area contributed by atoms with Gasteiger partial charge in [0.25, 0.3) is 0 Å². The van der Waals surface area contributed by atoms with Crippen molar-refractivity contribution in [2.45, 2.75) is 26.3 Å². The molecular weight excluding hydrogens is 319 g/mol. The van der Waals surface area contributed by atoms with Crippen molar-refractivity contribution in [3.05, 3.63) is 35.6 Å². The first-order valence-corrected chi connectivity index (χ1v) is 9.64. The Morgan fingerprint density at radius 2 is 2.00 bits per heavy atom. The molecule has 0 aromatic heterocycles. The lowest BCUT2D eigenvalue weighted by Crippen LogP contribution is -2.43. The van der Waals surface area contributed by atoms with Crippen LogP contribution in [0.3, 0.4) is 0 Å². The number of carbonyl (C=O) groups is 1. The Balaban J connectivity index is 1.98. The number of benzene rings is 1. The van der Waals surface area contributed by atoms with Gasteiger partial charge < -0.3 is 4.90 Å². The first-order chi connectivity index (χ1) is 10.8. The molecule has 1 saturated heterocycles. The summed E-state index contributed by atoms with van der Waals surface area (Å²) in [5.41, 5.74) is 0.758. The van der Waals surface area contributed by atoms with E-state index in [2.05, 4.69) is 0 Å². The highest BCUT2D eigenvalue weighted by molar-refractivity contribution is 7.88. The van der Waals surface area contributed by atoms with Gasteiger partial charge in [-0.25, -0.2) is 17.1 Å². The van der Waals surface area contributed by atoms with Gasteiger partial charge >= 0.3 is 0 Å². The quantitative estimate of drug-likeness (QED) is 0.820. The third kappa shape index (κ3) is 4.75. The molecule has 128 valence electrons. The first kappa shape index (κ1) is 17.9. The van der Waals surface area contributed by atoms with Crippen molar-refractivity contribution < 1.29 is 17.6 Å². The van der Waals surface area contributed by atoms with Gasteiger partial charge in [-0.15, -0.1) is 0 Å². The fourth-order valence-corrected chi connectivity index (χ4v) is 3.77. The summed E-state index contributed by atoms with van der Waals surface area (Å²) >= 11 is 0. The van der Waals surface area contributed by atoms with Gasteiger partial charge in [-0.05, 0) is 37.5 Å². The average molecular weight is 342 g/mol. The zero-order chi connectivity index (χ0) is 17.0. The summed E-state index contributed by atoms with van der Waals surface area (Å²) < 4.78 is 37.7. The molecule has 0 N–H and O–H groups in total. The molecule has 1 aromatic rings. The largest absolute Gasteiger partial charge is 0.338 e. The summed E-state index contributed by atoms with van der Waals surface area (Å²) in [6.45, 7) is 3.57. The van der Waals surface area contributed by atoms with Crippen LogP contribution in [0.15, 0.2) is 24.3 Å². The maximum absolute atomic E-state index is 13.3. The SMILES string of the molecule is CCN(Cc1cccc(F)c1)C(=O)C1CCN(S(C)(=O)=O)CC1. The van der Waals surface area contributed by atoms with E-state index in [0.29, 0.717) is 39.0 Å². The van der Waals surface area contributed by atoms with Crippen LogP contribution >= 0.6 is 0 Å². The smallest absolute Gasteiger partial charge is 0.226 e. The Hall–Kier alpha value is -1.47.